The van der Waals surface area contributed by atoms with E-state index in [4.69, 9.17) is 0 Å². The predicted octanol–water partition coefficient (Wildman–Crippen LogP) is 2.44. The molecule has 1 atom stereocenters. The second kappa shape index (κ2) is 4.26. The minimum absolute atomic E-state index is 0.598. The smallest absolute Gasteiger partial charge is 0.123 e. The fraction of sp³-hybridized carbons (Fsp3) is 0.286. The van der Waals surface area contributed by atoms with E-state index in [0.29, 0.717) is 11.6 Å². The Morgan fingerprint density at radius 1 is 1.24 bits per heavy atom. The van der Waals surface area contributed by atoms with Crippen molar-refractivity contribution in [2.75, 3.05) is 0 Å². The van der Waals surface area contributed by atoms with Crippen molar-refractivity contribution in [3.05, 3.63) is 59.7 Å². The molecule has 0 bridgehead atoms. The van der Waals surface area contributed by atoms with Gasteiger partial charge in [-0.25, -0.2) is 0 Å². The molecule has 1 heterocycles. The van der Waals surface area contributed by atoms with Crippen molar-refractivity contribution in [3.8, 4) is 0 Å². The van der Waals surface area contributed by atoms with Gasteiger partial charge in [-0.3, -0.25) is 9.97 Å². The molecule has 0 aliphatic heterocycles. The van der Waals surface area contributed by atoms with Crippen molar-refractivity contribution >= 4 is 0 Å². The van der Waals surface area contributed by atoms with Crippen LogP contribution < -0.4 is 0 Å². The van der Waals surface area contributed by atoms with Crippen molar-refractivity contribution in [3.63, 3.8) is 0 Å². The van der Waals surface area contributed by atoms with Gasteiger partial charge in [0, 0.05) is 12.4 Å². The molecule has 1 unspecified atom stereocenters. The molecule has 1 aliphatic carbocycles. The predicted molar refractivity (Wildman–Crippen MR) is 64.5 cm³/mol. The largest absolute Gasteiger partial charge is 0.382 e. The number of rotatable bonds is 3. The molecule has 1 aromatic heterocycles. The molecule has 3 heteroatoms. The third-order valence-electron chi connectivity index (χ3n) is 3.14. The Labute approximate surface area is 100 Å². The number of benzene rings is 1. The van der Waals surface area contributed by atoms with Gasteiger partial charge in [0.1, 0.15) is 6.10 Å². The van der Waals surface area contributed by atoms with Gasteiger partial charge in [-0.05, 0) is 29.9 Å². The molecule has 2 aromatic rings. The number of nitrogens with zero attached hydrogens (tertiary/aromatic N) is 2. The van der Waals surface area contributed by atoms with E-state index >= 15 is 0 Å². The summed E-state index contributed by atoms with van der Waals surface area (Å²) in [6, 6.07) is 8.15. The summed E-state index contributed by atoms with van der Waals surface area (Å²) in [5.74, 6) is 0.698. The van der Waals surface area contributed by atoms with Gasteiger partial charge in [0.15, 0.2) is 0 Å². The van der Waals surface area contributed by atoms with Crippen LogP contribution in [0.5, 0.6) is 0 Å². The van der Waals surface area contributed by atoms with Crippen molar-refractivity contribution in [1.82, 2.24) is 9.97 Å². The first kappa shape index (κ1) is 10.4. The highest BCUT2D eigenvalue weighted by Gasteiger charge is 2.24. The Kier molecular flexibility index (Phi) is 2.61. The monoisotopic (exact) mass is 226 g/mol. The third-order valence-corrected chi connectivity index (χ3v) is 3.14. The molecule has 0 radical (unpaired) electrons. The maximum Gasteiger partial charge on any atom is 0.123 e. The van der Waals surface area contributed by atoms with Crippen molar-refractivity contribution < 1.29 is 5.11 Å². The van der Waals surface area contributed by atoms with Gasteiger partial charge in [-0.1, -0.05) is 24.3 Å². The molecule has 0 spiro atoms. The van der Waals surface area contributed by atoms with Crippen LogP contribution in [0.2, 0.25) is 0 Å². The Morgan fingerprint density at radius 3 is 2.82 bits per heavy atom. The molecule has 1 N–H and O–H groups in total. The highest BCUT2D eigenvalue weighted by molar-refractivity contribution is 5.32. The number of aliphatic hydroxyl groups is 1. The van der Waals surface area contributed by atoms with E-state index in [1.807, 2.05) is 12.1 Å². The topological polar surface area (TPSA) is 46.0 Å². The summed E-state index contributed by atoms with van der Waals surface area (Å²) in [7, 11) is 0. The molecule has 3 rings (SSSR count). The van der Waals surface area contributed by atoms with Gasteiger partial charge in [0.2, 0.25) is 0 Å². The lowest BCUT2D eigenvalue weighted by atomic mass is 10.0. The molecule has 86 valence electrons. The highest BCUT2D eigenvalue weighted by Crippen LogP contribution is 2.40. The van der Waals surface area contributed by atoms with Crippen LogP contribution in [0.3, 0.4) is 0 Å². The fourth-order valence-electron chi connectivity index (χ4n) is 2.02. The van der Waals surface area contributed by atoms with Crippen LogP contribution >= 0.6 is 0 Å². The lowest BCUT2D eigenvalue weighted by Gasteiger charge is -2.11. The van der Waals surface area contributed by atoms with Gasteiger partial charge in [0.05, 0.1) is 11.9 Å². The maximum atomic E-state index is 10.2. The van der Waals surface area contributed by atoms with Crippen molar-refractivity contribution in [1.29, 1.82) is 0 Å². The van der Waals surface area contributed by atoms with E-state index in [1.165, 1.54) is 18.4 Å². The van der Waals surface area contributed by atoms with Crippen LogP contribution in [0.15, 0.2) is 42.9 Å². The summed E-state index contributed by atoms with van der Waals surface area (Å²) in [5.41, 5.74) is 2.82. The summed E-state index contributed by atoms with van der Waals surface area (Å²) in [6.45, 7) is 0. The van der Waals surface area contributed by atoms with Gasteiger partial charge in [0.25, 0.3) is 0 Å². The van der Waals surface area contributed by atoms with Crippen LogP contribution in [-0.2, 0) is 0 Å². The second-order valence-corrected chi connectivity index (χ2v) is 4.48. The molecule has 1 fully saturated rings. The third kappa shape index (κ3) is 2.19. The SMILES string of the molecule is OC(c1cccc(C2CC2)c1)c1cnccn1. The Morgan fingerprint density at radius 2 is 2.12 bits per heavy atom. The first-order chi connectivity index (χ1) is 8.34. The zero-order chi connectivity index (χ0) is 11.7. The van der Waals surface area contributed by atoms with Crippen LogP contribution in [-0.4, -0.2) is 15.1 Å². The van der Waals surface area contributed by atoms with E-state index in [1.54, 1.807) is 18.6 Å². The summed E-state index contributed by atoms with van der Waals surface area (Å²) in [5, 5.41) is 10.2. The molecular formula is C14H14N2O. The molecule has 1 aliphatic rings. The molecule has 1 saturated carbocycles. The van der Waals surface area contributed by atoms with E-state index in [9.17, 15) is 5.11 Å². The van der Waals surface area contributed by atoms with E-state index in [0.717, 1.165) is 5.56 Å². The van der Waals surface area contributed by atoms with E-state index in [-0.39, 0.29) is 0 Å². The molecule has 1 aromatic carbocycles. The van der Waals surface area contributed by atoms with Crippen molar-refractivity contribution in [2.45, 2.75) is 24.9 Å². The van der Waals surface area contributed by atoms with Crippen molar-refractivity contribution in [2.24, 2.45) is 0 Å². The normalized spacial score (nSPS) is 16.8. The Bertz CT molecular complexity index is 509. The summed E-state index contributed by atoms with van der Waals surface area (Å²) in [6.07, 6.45) is 6.67. The molecule has 0 saturated heterocycles. The maximum absolute atomic E-state index is 10.2. The van der Waals surface area contributed by atoms with Gasteiger partial charge < -0.3 is 5.11 Å². The summed E-state index contributed by atoms with van der Waals surface area (Å²) >= 11 is 0. The summed E-state index contributed by atoms with van der Waals surface area (Å²) in [4.78, 5) is 8.11. The molecule has 0 amide bonds. The van der Waals surface area contributed by atoms with E-state index in [2.05, 4.69) is 22.1 Å². The first-order valence-corrected chi connectivity index (χ1v) is 5.88. The van der Waals surface area contributed by atoms with Crippen LogP contribution in [0.4, 0.5) is 0 Å². The van der Waals surface area contributed by atoms with Gasteiger partial charge in [-0.15, -0.1) is 0 Å². The lowest BCUT2D eigenvalue weighted by molar-refractivity contribution is 0.214. The number of aliphatic hydroxyl groups excluding tert-OH is 1. The average molecular weight is 226 g/mol. The first-order valence-electron chi connectivity index (χ1n) is 5.88. The Hall–Kier alpha value is -1.74. The molecule has 3 nitrogen and oxygen atoms in total. The Balaban J connectivity index is 1.90. The zero-order valence-electron chi connectivity index (χ0n) is 9.45. The van der Waals surface area contributed by atoms with Crippen LogP contribution in [0, 0.1) is 0 Å². The van der Waals surface area contributed by atoms with Gasteiger partial charge in [-0.2, -0.15) is 0 Å². The number of hydrogen-bond donors (Lipinski definition) is 1. The zero-order valence-corrected chi connectivity index (χ0v) is 9.45. The summed E-state index contributed by atoms with van der Waals surface area (Å²) < 4.78 is 0. The standard InChI is InChI=1S/C14H14N2O/c17-14(13-9-15-6-7-16-13)12-3-1-2-11(8-12)10-4-5-10/h1-3,6-10,14,17H,4-5H2. The lowest BCUT2D eigenvalue weighted by Crippen LogP contribution is -2.03. The second-order valence-electron chi connectivity index (χ2n) is 4.48. The molecule has 17 heavy (non-hydrogen) atoms. The van der Waals surface area contributed by atoms with Crippen LogP contribution in [0.25, 0.3) is 0 Å². The van der Waals surface area contributed by atoms with Gasteiger partial charge >= 0.3 is 0 Å². The minimum Gasteiger partial charge on any atom is -0.382 e. The average Bonchev–Trinajstić information content (AvgIpc) is 3.23. The minimum atomic E-state index is -0.678. The van der Waals surface area contributed by atoms with E-state index < -0.39 is 6.10 Å². The number of hydrogen-bond acceptors (Lipinski definition) is 3. The fourth-order valence-corrected chi connectivity index (χ4v) is 2.02. The number of aromatic nitrogens is 2. The quantitative estimate of drug-likeness (QED) is 0.874. The highest BCUT2D eigenvalue weighted by atomic mass is 16.3. The molecular weight excluding hydrogens is 212 g/mol. The van der Waals surface area contributed by atoms with Crippen LogP contribution in [0.1, 0.15) is 41.7 Å².